The van der Waals surface area contributed by atoms with Crippen LogP contribution in [-0.4, -0.2) is 38.1 Å². The Labute approximate surface area is 160 Å². The van der Waals surface area contributed by atoms with Crippen molar-refractivity contribution in [3.63, 3.8) is 0 Å². The normalized spacial score (nSPS) is 14.5. The summed E-state index contributed by atoms with van der Waals surface area (Å²) in [6.07, 6.45) is 1.48. The van der Waals surface area contributed by atoms with Crippen molar-refractivity contribution in [1.82, 2.24) is 0 Å². The first kappa shape index (κ1) is 18.9. The third-order valence-corrected chi connectivity index (χ3v) is 3.95. The Morgan fingerprint density at radius 3 is 2.36 bits per heavy atom. The number of nitrogens with zero attached hydrogens (tertiary/aromatic N) is 2. The van der Waals surface area contributed by atoms with Gasteiger partial charge in [-0.25, -0.2) is 9.79 Å². The van der Waals surface area contributed by atoms with E-state index in [1.807, 2.05) is 0 Å². The Bertz CT molecular complexity index is 1010. The summed E-state index contributed by atoms with van der Waals surface area (Å²) in [6.45, 7) is 0. The number of rotatable bonds is 6. The first-order chi connectivity index (χ1) is 13.5. The number of nitro groups is 1. The van der Waals surface area contributed by atoms with Gasteiger partial charge in [0.15, 0.2) is 17.2 Å². The minimum Gasteiger partial charge on any atom is -0.496 e. The van der Waals surface area contributed by atoms with Gasteiger partial charge in [0.05, 0.1) is 26.3 Å². The molecule has 0 radical (unpaired) electrons. The van der Waals surface area contributed by atoms with E-state index >= 15 is 0 Å². The molecule has 0 fully saturated rings. The van der Waals surface area contributed by atoms with Gasteiger partial charge in [-0.15, -0.1) is 0 Å². The van der Waals surface area contributed by atoms with Gasteiger partial charge in [0.2, 0.25) is 5.90 Å². The molecular weight excluding hydrogens is 368 g/mol. The third kappa shape index (κ3) is 3.63. The monoisotopic (exact) mass is 384 g/mol. The van der Waals surface area contributed by atoms with Crippen LogP contribution in [0.1, 0.15) is 11.1 Å². The molecule has 2 aromatic carbocycles. The summed E-state index contributed by atoms with van der Waals surface area (Å²) in [6, 6.07) is 8.94. The van der Waals surface area contributed by atoms with Crippen LogP contribution in [0.5, 0.6) is 17.2 Å². The van der Waals surface area contributed by atoms with Crippen molar-refractivity contribution >= 4 is 23.6 Å². The van der Waals surface area contributed by atoms with Crippen molar-refractivity contribution in [1.29, 1.82) is 0 Å². The number of carbonyl (C=O) groups excluding carboxylic acids is 1. The first-order valence-electron chi connectivity index (χ1n) is 8.04. The largest absolute Gasteiger partial charge is 0.496 e. The first-order valence-corrected chi connectivity index (χ1v) is 8.04. The van der Waals surface area contributed by atoms with Crippen LogP contribution in [0, 0.1) is 10.1 Å². The maximum Gasteiger partial charge on any atom is 0.363 e. The van der Waals surface area contributed by atoms with E-state index in [0.717, 1.165) is 0 Å². The molecule has 1 aliphatic heterocycles. The zero-order chi connectivity index (χ0) is 20.3. The van der Waals surface area contributed by atoms with Gasteiger partial charge in [-0.3, -0.25) is 10.1 Å². The van der Waals surface area contributed by atoms with Crippen LogP contribution in [0.4, 0.5) is 5.69 Å². The molecule has 0 atom stereocenters. The van der Waals surface area contributed by atoms with E-state index < -0.39 is 10.9 Å². The molecule has 0 aromatic heterocycles. The molecule has 0 spiro atoms. The van der Waals surface area contributed by atoms with E-state index in [1.54, 1.807) is 18.2 Å². The van der Waals surface area contributed by atoms with Gasteiger partial charge in [0.1, 0.15) is 5.75 Å². The zero-order valence-electron chi connectivity index (χ0n) is 15.3. The minimum atomic E-state index is -0.682. The number of esters is 1. The quantitative estimate of drug-likeness (QED) is 0.326. The number of cyclic esters (lactones) is 1. The predicted octanol–water partition coefficient (Wildman–Crippen LogP) is 2.97. The SMILES string of the molecule is COc1cc(OC)c(OC)cc1C=C1N=C(c2cccc([N+](=O)[O-])c2)OC1=O. The second kappa shape index (κ2) is 7.78. The fourth-order valence-electron chi connectivity index (χ4n) is 2.60. The van der Waals surface area contributed by atoms with Gasteiger partial charge in [0.25, 0.3) is 5.69 Å². The Morgan fingerprint density at radius 2 is 1.71 bits per heavy atom. The standard InChI is InChI=1S/C19H16N2O7/c1-25-15-10-17(27-3)16(26-2)9-12(15)8-14-19(22)28-18(20-14)11-5-4-6-13(7-11)21(23)24/h4-10H,1-3H3. The molecule has 0 amide bonds. The summed E-state index contributed by atoms with van der Waals surface area (Å²) in [4.78, 5) is 26.8. The summed E-state index contributed by atoms with van der Waals surface area (Å²) < 4.78 is 21.0. The van der Waals surface area contributed by atoms with Gasteiger partial charge in [-0.05, 0) is 18.2 Å². The van der Waals surface area contributed by atoms with E-state index in [4.69, 9.17) is 18.9 Å². The molecule has 9 nitrogen and oxygen atoms in total. The van der Waals surface area contributed by atoms with Crippen molar-refractivity contribution in [2.75, 3.05) is 21.3 Å². The number of benzene rings is 2. The van der Waals surface area contributed by atoms with Crippen LogP contribution in [0.3, 0.4) is 0 Å². The van der Waals surface area contributed by atoms with Gasteiger partial charge in [0, 0.05) is 29.3 Å². The number of hydrogen-bond acceptors (Lipinski definition) is 8. The summed E-state index contributed by atoms with van der Waals surface area (Å²) in [5.74, 6) is 0.662. The van der Waals surface area contributed by atoms with Crippen LogP contribution in [0.25, 0.3) is 6.08 Å². The summed E-state index contributed by atoms with van der Waals surface area (Å²) in [7, 11) is 4.47. The van der Waals surface area contributed by atoms with Crippen LogP contribution in [0.15, 0.2) is 47.1 Å². The Kier molecular flexibility index (Phi) is 5.25. The summed E-state index contributed by atoms with van der Waals surface area (Å²) >= 11 is 0. The van der Waals surface area contributed by atoms with E-state index in [9.17, 15) is 14.9 Å². The van der Waals surface area contributed by atoms with E-state index in [0.29, 0.717) is 28.4 Å². The zero-order valence-corrected chi connectivity index (χ0v) is 15.3. The number of nitro benzene ring substituents is 1. The van der Waals surface area contributed by atoms with Crippen LogP contribution >= 0.6 is 0 Å². The predicted molar refractivity (Wildman–Crippen MR) is 99.8 cm³/mol. The fraction of sp³-hybridized carbons (Fsp3) is 0.158. The molecule has 0 unspecified atom stereocenters. The lowest BCUT2D eigenvalue weighted by molar-refractivity contribution is -0.384. The molecule has 0 saturated heterocycles. The van der Waals surface area contributed by atoms with E-state index in [1.165, 1.54) is 45.6 Å². The minimum absolute atomic E-state index is 0.0145. The average Bonchev–Trinajstić information content (AvgIpc) is 3.08. The smallest absolute Gasteiger partial charge is 0.363 e. The van der Waals surface area contributed by atoms with Crippen molar-refractivity contribution in [3.8, 4) is 17.2 Å². The molecule has 0 N–H and O–H groups in total. The maximum atomic E-state index is 12.2. The molecule has 1 heterocycles. The second-order valence-electron chi connectivity index (χ2n) is 5.59. The number of methoxy groups -OCH3 is 3. The highest BCUT2D eigenvalue weighted by Gasteiger charge is 2.26. The summed E-state index contributed by atoms with van der Waals surface area (Å²) in [5, 5.41) is 10.9. The van der Waals surface area contributed by atoms with Gasteiger partial charge in [-0.1, -0.05) is 6.07 Å². The Morgan fingerprint density at radius 1 is 1.04 bits per heavy atom. The van der Waals surface area contributed by atoms with Crippen molar-refractivity contribution in [2.24, 2.45) is 4.99 Å². The van der Waals surface area contributed by atoms with Gasteiger partial charge < -0.3 is 18.9 Å². The van der Waals surface area contributed by atoms with Crippen molar-refractivity contribution < 1.29 is 28.7 Å². The van der Waals surface area contributed by atoms with Crippen LogP contribution < -0.4 is 14.2 Å². The topological polar surface area (TPSA) is 109 Å². The number of hydrogen-bond donors (Lipinski definition) is 0. The average molecular weight is 384 g/mol. The van der Waals surface area contributed by atoms with E-state index in [-0.39, 0.29) is 17.3 Å². The summed E-state index contributed by atoms with van der Waals surface area (Å²) in [5.41, 5.74) is 0.739. The molecule has 0 aliphatic carbocycles. The second-order valence-corrected chi connectivity index (χ2v) is 5.59. The molecule has 0 saturated carbocycles. The highest BCUT2D eigenvalue weighted by atomic mass is 16.6. The van der Waals surface area contributed by atoms with Gasteiger partial charge >= 0.3 is 5.97 Å². The van der Waals surface area contributed by atoms with Crippen molar-refractivity contribution in [3.05, 3.63) is 63.3 Å². The van der Waals surface area contributed by atoms with Crippen LogP contribution in [0.2, 0.25) is 0 Å². The molecule has 3 rings (SSSR count). The lowest BCUT2D eigenvalue weighted by atomic mass is 10.1. The molecule has 2 aromatic rings. The number of aliphatic imine (C=N–C) groups is 1. The van der Waals surface area contributed by atoms with E-state index in [2.05, 4.69) is 4.99 Å². The molecule has 9 heteroatoms. The number of ether oxygens (including phenoxy) is 4. The third-order valence-electron chi connectivity index (χ3n) is 3.95. The lowest BCUT2D eigenvalue weighted by Gasteiger charge is -2.12. The highest BCUT2D eigenvalue weighted by molar-refractivity contribution is 6.13. The maximum absolute atomic E-state index is 12.2. The molecule has 0 bridgehead atoms. The molecule has 144 valence electrons. The Balaban J connectivity index is 2.02. The van der Waals surface area contributed by atoms with Crippen LogP contribution in [-0.2, 0) is 9.53 Å². The fourth-order valence-corrected chi connectivity index (χ4v) is 2.60. The number of non-ortho nitro benzene ring substituents is 1. The number of carbonyl (C=O) groups is 1. The van der Waals surface area contributed by atoms with Gasteiger partial charge in [-0.2, -0.15) is 0 Å². The Hall–Kier alpha value is -3.88. The molecule has 1 aliphatic rings. The highest BCUT2D eigenvalue weighted by Crippen LogP contribution is 2.36. The molecular formula is C19H16N2O7. The van der Waals surface area contributed by atoms with Crippen molar-refractivity contribution in [2.45, 2.75) is 0 Å². The lowest BCUT2D eigenvalue weighted by Crippen LogP contribution is -2.05. The molecule has 28 heavy (non-hydrogen) atoms.